The van der Waals surface area contributed by atoms with Crippen molar-refractivity contribution in [1.82, 2.24) is 10.2 Å². The molecule has 0 aliphatic heterocycles. The zero-order valence-electron chi connectivity index (χ0n) is 22.9. The summed E-state index contributed by atoms with van der Waals surface area (Å²) in [5.41, 5.74) is 0.898. The van der Waals surface area contributed by atoms with E-state index in [1.165, 1.54) is 4.90 Å². The molecule has 0 bridgehead atoms. The molecule has 0 aliphatic carbocycles. The molecule has 0 saturated carbocycles. The van der Waals surface area contributed by atoms with Crippen LogP contribution in [0.1, 0.15) is 51.8 Å². The summed E-state index contributed by atoms with van der Waals surface area (Å²) in [7, 11) is 0. The van der Waals surface area contributed by atoms with Gasteiger partial charge in [0.1, 0.15) is 17.7 Å². The molecule has 0 heterocycles. The van der Waals surface area contributed by atoms with Crippen LogP contribution in [0.3, 0.4) is 0 Å². The Labute approximate surface area is 229 Å². The Hall–Kier alpha value is -4.35. The number of amides is 3. The lowest BCUT2D eigenvalue weighted by Gasteiger charge is -2.36. The van der Waals surface area contributed by atoms with Crippen molar-refractivity contribution in [3.8, 4) is 12.3 Å². The van der Waals surface area contributed by atoms with E-state index in [0.717, 1.165) is 10.8 Å². The lowest BCUT2D eigenvalue weighted by Crippen LogP contribution is -2.55. The number of carbonyl (C=O) groups excluding carboxylic acids is 3. The van der Waals surface area contributed by atoms with Crippen LogP contribution in [0.5, 0.6) is 0 Å². The van der Waals surface area contributed by atoms with Crippen LogP contribution in [0.15, 0.2) is 66.7 Å². The van der Waals surface area contributed by atoms with E-state index in [9.17, 15) is 19.5 Å². The molecule has 3 aromatic carbocycles. The first-order chi connectivity index (χ1) is 18.4. The maximum Gasteiger partial charge on any atom is 0.408 e. The van der Waals surface area contributed by atoms with Crippen LogP contribution in [0.25, 0.3) is 10.8 Å². The molecule has 0 aromatic heterocycles. The van der Waals surface area contributed by atoms with Gasteiger partial charge in [0.05, 0.1) is 6.61 Å². The van der Waals surface area contributed by atoms with Crippen molar-refractivity contribution in [1.29, 1.82) is 0 Å². The van der Waals surface area contributed by atoms with E-state index in [0.29, 0.717) is 16.8 Å². The number of carbonyl (C=O) groups is 3. The average molecular weight is 530 g/mol. The molecule has 0 saturated heterocycles. The van der Waals surface area contributed by atoms with Crippen molar-refractivity contribution >= 4 is 34.4 Å². The normalized spacial score (nSPS) is 12.8. The molecule has 2 unspecified atom stereocenters. The number of hydrogen-bond donors (Lipinski definition) is 3. The van der Waals surface area contributed by atoms with Crippen LogP contribution >= 0.6 is 0 Å². The van der Waals surface area contributed by atoms with E-state index in [-0.39, 0.29) is 0 Å². The molecule has 3 aromatic rings. The number of alkyl carbamates (subject to hydrolysis) is 1. The van der Waals surface area contributed by atoms with Gasteiger partial charge in [0.25, 0.3) is 5.91 Å². The van der Waals surface area contributed by atoms with Crippen LogP contribution in [-0.4, -0.2) is 52.2 Å². The highest BCUT2D eigenvalue weighted by Gasteiger charge is 2.37. The third-order valence-electron chi connectivity index (χ3n) is 5.92. The summed E-state index contributed by atoms with van der Waals surface area (Å²) in [4.78, 5) is 41.4. The first-order valence-electron chi connectivity index (χ1n) is 12.7. The fourth-order valence-electron chi connectivity index (χ4n) is 4.17. The highest BCUT2D eigenvalue weighted by atomic mass is 16.6. The first-order valence-corrected chi connectivity index (χ1v) is 12.7. The molecule has 204 valence electrons. The molecule has 0 aliphatic rings. The zero-order valence-corrected chi connectivity index (χ0v) is 22.9. The van der Waals surface area contributed by atoms with Crippen molar-refractivity contribution in [2.24, 2.45) is 0 Å². The van der Waals surface area contributed by atoms with Gasteiger partial charge in [-0.1, -0.05) is 48.4 Å². The Morgan fingerprint density at radius 3 is 2.21 bits per heavy atom. The lowest BCUT2D eigenvalue weighted by molar-refractivity contribution is -0.143. The zero-order chi connectivity index (χ0) is 28.7. The summed E-state index contributed by atoms with van der Waals surface area (Å²) in [6.07, 6.45) is 4.66. The van der Waals surface area contributed by atoms with Crippen molar-refractivity contribution in [3.05, 3.63) is 77.9 Å². The number of ether oxygens (including phenoxy) is 1. The molecule has 2 atom stereocenters. The monoisotopic (exact) mass is 529 g/mol. The molecule has 3 N–H and O–H groups in total. The molecule has 0 radical (unpaired) electrons. The number of fused-ring (bicyclic) bond motifs is 1. The van der Waals surface area contributed by atoms with E-state index in [1.54, 1.807) is 65.0 Å². The van der Waals surface area contributed by atoms with Crippen LogP contribution in [0, 0.1) is 12.3 Å². The number of aliphatic hydroxyl groups excluding tert-OH is 1. The van der Waals surface area contributed by atoms with Gasteiger partial charge < -0.3 is 25.4 Å². The maximum absolute atomic E-state index is 13.9. The number of benzene rings is 3. The van der Waals surface area contributed by atoms with Gasteiger partial charge in [0.15, 0.2) is 0 Å². The predicted octanol–water partition coefficient (Wildman–Crippen LogP) is 4.62. The van der Waals surface area contributed by atoms with E-state index in [1.807, 2.05) is 36.4 Å². The molecule has 3 rings (SSSR count). The Bertz CT molecular complexity index is 1370. The van der Waals surface area contributed by atoms with E-state index < -0.39 is 48.2 Å². The third-order valence-corrected chi connectivity index (χ3v) is 5.92. The lowest BCUT2D eigenvalue weighted by atomic mass is 9.99. The minimum Gasteiger partial charge on any atom is -0.444 e. The molecule has 3 amide bonds. The first kappa shape index (κ1) is 29.2. The van der Waals surface area contributed by atoms with Gasteiger partial charge in [-0.15, -0.1) is 6.42 Å². The fraction of sp³-hybridized carbons (Fsp3) is 0.323. The molecular formula is C31H35N3O5. The van der Waals surface area contributed by atoms with E-state index >= 15 is 0 Å². The van der Waals surface area contributed by atoms with Crippen LogP contribution in [-0.2, 0) is 14.3 Å². The number of nitrogens with one attached hydrogen (secondary N) is 2. The van der Waals surface area contributed by atoms with Crippen molar-refractivity contribution in [2.75, 3.05) is 11.9 Å². The molecular weight excluding hydrogens is 494 g/mol. The van der Waals surface area contributed by atoms with E-state index in [4.69, 9.17) is 11.2 Å². The quantitative estimate of drug-likeness (QED) is 0.369. The topological polar surface area (TPSA) is 108 Å². The van der Waals surface area contributed by atoms with Gasteiger partial charge in [-0.05, 0) is 75.2 Å². The number of nitrogens with zero attached hydrogens (tertiary/aromatic N) is 1. The van der Waals surface area contributed by atoms with Crippen molar-refractivity contribution in [2.45, 2.75) is 58.3 Å². The highest BCUT2D eigenvalue weighted by Crippen LogP contribution is 2.28. The summed E-state index contributed by atoms with van der Waals surface area (Å²) >= 11 is 0. The van der Waals surface area contributed by atoms with Crippen LogP contribution in [0.2, 0.25) is 0 Å². The second-order valence-electron chi connectivity index (χ2n) is 10.4. The molecule has 8 heteroatoms. The second kappa shape index (κ2) is 12.5. The summed E-state index contributed by atoms with van der Waals surface area (Å²) in [5, 5.41) is 17.4. The molecule has 0 fully saturated rings. The average Bonchev–Trinajstić information content (AvgIpc) is 2.88. The summed E-state index contributed by atoms with van der Waals surface area (Å²) in [5.74, 6) is 1.44. The second-order valence-corrected chi connectivity index (χ2v) is 10.4. The summed E-state index contributed by atoms with van der Waals surface area (Å²) < 4.78 is 5.26. The predicted molar refractivity (Wildman–Crippen MR) is 152 cm³/mol. The van der Waals surface area contributed by atoms with Crippen molar-refractivity contribution in [3.63, 3.8) is 0 Å². The van der Waals surface area contributed by atoms with Gasteiger partial charge in [-0.25, -0.2) is 4.79 Å². The summed E-state index contributed by atoms with van der Waals surface area (Å²) in [6, 6.07) is 17.2. The number of terminal acetylenes is 1. The van der Waals surface area contributed by atoms with Gasteiger partial charge in [0.2, 0.25) is 5.91 Å². The van der Waals surface area contributed by atoms with Crippen LogP contribution in [0.4, 0.5) is 10.5 Å². The smallest absolute Gasteiger partial charge is 0.408 e. The largest absolute Gasteiger partial charge is 0.444 e. The van der Waals surface area contributed by atoms with Gasteiger partial charge in [-0.2, -0.15) is 0 Å². The van der Waals surface area contributed by atoms with Gasteiger partial charge >= 0.3 is 6.09 Å². The Morgan fingerprint density at radius 2 is 1.64 bits per heavy atom. The Balaban J connectivity index is 1.99. The fourth-order valence-corrected chi connectivity index (χ4v) is 4.17. The minimum absolute atomic E-state index is 0.463. The molecule has 39 heavy (non-hydrogen) atoms. The summed E-state index contributed by atoms with van der Waals surface area (Å²) in [6.45, 7) is 7.90. The van der Waals surface area contributed by atoms with Crippen molar-refractivity contribution < 1.29 is 24.2 Å². The standard InChI is InChI=1S/C31H35N3O5/c1-7-21-12-14-23(15-13-21)27(28(36)32-25-17-16-22-10-8-9-11-24(22)18-25)34(20(2)3)29(37)26(19-35)33-30(38)39-31(4,5)6/h1,8-18,20,26-27,35H,19H2,2-6H3,(H,32,36)(H,33,38). The number of rotatable bonds is 8. The number of aliphatic hydroxyl groups is 1. The third kappa shape index (κ3) is 7.59. The minimum atomic E-state index is -1.33. The SMILES string of the molecule is C#Cc1ccc(C(C(=O)Nc2ccc3ccccc3c2)N(C(=O)C(CO)NC(=O)OC(C)(C)C)C(C)C)cc1. The van der Waals surface area contributed by atoms with Gasteiger partial charge in [-0.3, -0.25) is 9.59 Å². The van der Waals surface area contributed by atoms with E-state index in [2.05, 4.69) is 16.6 Å². The number of anilines is 1. The molecule has 8 nitrogen and oxygen atoms in total. The maximum atomic E-state index is 13.9. The Kier molecular flexibility index (Phi) is 9.33. The number of hydrogen-bond acceptors (Lipinski definition) is 5. The Morgan fingerprint density at radius 1 is 1.00 bits per heavy atom. The van der Waals surface area contributed by atoms with Crippen LogP contribution < -0.4 is 10.6 Å². The molecule has 0 spiro atoms. The van der Waals surface area contributed by atoms with Gasteiger partial charge in [0, 0.05) is 17.3 Å². The highest BCUT2D eigenvalue weighted by molar-refractivity contribution is 6.00.